The van der Waals surface area contributed by atoms with E-state index in [2.05, 4.69) is 5.32 Å². The van der Waals surface area contributed by atoms with Crippen molar-refractivity contribution in [3.05, 3.63) is 112 Å². The maximum absolute atomic E-state index is 12.8. The van der Waals surface area contributed by atoms with Gasteiger partial charge in [0.05, 0.1) is 4.92 Å². The number of non-ortho nitro benzene ring substituents is 1. The van der Waals surface area contributed by atoms with Crippen LogP contribution in [0.3, 0.4) is 0 Å². The van der Waals surface area contributed by atoms with Gasteiger partial charge in [-0.3, -0.25) is 14.9 Å². The summed E-state index contributed by atoms with van der Waals surface area (Å²) in [6.07, 6.45) is 1.48. The molecular formula is C27H19N3O5. The molecule has 0 aliphatic carbocycles. The number of anilines is 1. The number of carbonyl (C=O) groups is 1. The maximum Gasteiger partial charge on any atom is 0.269 e. The number of phenolic OH excluding ortho intramolecular Hbond substituents is 1. The fourth-order valence-corrected chi connectivity index (χ4v) is 3.46. The van der Waals surface area contributed by atoms with E-state index in [4.69, 9.17) is 4.74 Å². The van der Waals surface area contributed by atoms with E-state index in [0.717, 1.165) is 16.3 Å². The number of hydrogen-bond acceptors (Lipinski definition) is 6. The first kappa shape index (κ1) is 23.0. The Kier molecular flexibility index (Phi) is 6.70. The lowest BCUT2D eigenvalue weighted by Crippen LogP contribution is -2.13. The predicted molar refractivity (Wildman–Crippen MR) is 132 cm³/mol. The van der Waals surface area contributed by atoms with Crippen LogP contribution in [0.15, 0.2) is 90.5 Å². The molecule has 4 rings (SSSR count). The van der Waals surface area contributed by atoms with Gasteiger partial charge in [-0.15, -0.1) is 0 Å². The second-order valence-electron chi connectivity index (χ2n) is 7.58. The highest BCUT2D eigenvalue weighted by Gasteiger charge is 2.14. The Balaban J connectivity index is 1.66. The van der Waals surface area contributed by atoms with Gasteiger partial charge in [-0.25, -0.2) is 0 Å². The fourth-order valence-electron chi connectivity index (χ4n) is 3.46. The molecule has 0 aliphatic rings. The van der Waals surface area contributed by atoms with Gasteiger partial charge in [-0.2, -0.15) is 5.26 Å². The maximum atomic E-state index is 12.8. The quantitative estimate of drug-likeness (QED) is 0.121. The normalized spacial score (nSPS) is 11.0. The van der Waals surface area contributed by atoms with Crippen molar-refractivity contribution in [1.29, 1.82) is 5.26 Å². The third kappa shape index (κ3) is 5.43. The van der Waals surface area contributed by atoms with Gasteiger partial charge >= 0.3 is 0 Å². The molecule has 172 valence electrons. The number of nitro benzene ring substituents is 1. The summed E-state index contributed by atoms with van der Waals surface area (Å²) in [7, 11) is 0. The minimum absolute atomic E-state index is 0.0126. The number of aromatic hydroxyl groups is 1. The zero-order valence-electron chi connectivity index (χ0n) is 18.3. The summed E-state index contributed by atoms with van der Waals surface area (Å²) in [5.74, 6) is -0.0932. The Bertz CT molecular complexity index is 1470. The van der Waals surface area contributed by atoms with Crippen molar-refractivity contribution in [1.82, 2.24) is 0 Å². The lowest BCUT2D eigenvalue weighted by molar-refractivity contribution is -0.384. The van der Waals surface area contributed by atoms with Gasteiger partial charge in [0.1, 0.15) is 29.7 Å². The van der Waals surface area contributed by atoms with Crippen LogP contribution in [0.1, 0.15) is 11.1 Å². The molecule has 0 heterocycles. The highest BCUT2D eigenvalue weighted by atomic mass is 16.6. The van der Waals surface area contributed by atoms with Crippen molar-refractivity contribution >= 4 is 34.1 Å². The van der Waals surface area contributed by atoms with Crippen molar-refractivity contribution in [2.75, 3.05) is 5.32 Å². The summed E-state index contributed by atoms with van der Waals surface area (Å²) in [6, 6.07) is 25.0. The molecule has 8 nitrogen and oxygen atoms in total. The first-order valence-corrected chi connectivity index (χ1v) is 10.5. The predicted octanol–water partition coefficient (Wildman–Crippen LogP) is 5.58. The monoisotopic (exact) mass is 465 g/mol. The van der Waals surface area contributed by atoms with Crippen LogP contribution in [-0.4, -0.2) is 15.9 Å². The molecule has 35 heavy (non-hydrogen) atoms. The van der Waals surface area contributed by atoms with Crippen molar-refractivity contribution in [2.45, 2.75) is 6.61 Å². The summed E-state index contributed by atoms with van der Waals surface area (Å²) >= 11 is 0. The van der Waals surface area contributed by atoms with Gasteiger partial charge in [0.15, 0.2) is 0 Å². The average Bonchev–Trinajstić information content (AvgIpc) is 2.87. The lowest BCUT2D eigenvalue weighted by Gasteiger charge is -2.13. The number of carbonyl (C=O) groups excluding carboxylic acids is 1. The SMILES string of the molecule is N#C/C(=C\c1c(OCc2ccc([N+](=O)[O-])cc2)ccc2ccccc12)C(=O)Nc1ccc(O)cc1. The number of ether oxygens (including phenoxy) is 1. The molecule has 0 fully saturated rings. The van der Waals surface area contributed by atoms with E-state index in [9.17, 15) is 25.3 Å². The topological polar surface area (TPSA) is 125 Å². The number of fused-ring (bicyclic) bond motifs is 1. The molecule has 0 aliphatic heterocycles. The molecule has 0 aromatic heterocycles. The molecule has 0 spiro atoms. The molecule has 4 aromatic rings. The van der Waals surface area contributed by atoms with E-state index >= 15 is 0 Å². The minimum atomic E-state index is -0.604. The molecular weight excluding hydrogens is 446 g/mol. The van der Waals surface area contributed by atoms with E-state index in [1.165, 1.54) is 42.5 Å². The summed E-state index contributed by atoms with van der Waals surface area (Å²) < 4.78 is 6.00. The summed E-state index contributed by atoms with van der Waals surface area (Å²) in [5, 5.41) is 34.3. The first-order chi connectivity index (χ1) is 16.9. The van der Waals surface area contributed by atoms with E-state index in [1.54, 1.807) is 18.2 Å². The van der Waals surface area contributed by atoms with Crippen molar-refractivity contribution in [3.63, 3.8) is 0 Å². The fraction of sp³-hybridized carbons (Fsp3) is 0.0370. The minimum Gasteiger partial charge on any atom is -0.508 e. The molecule has 2 N–H and O–H groups in total. The molecule has 0 saturated carbocycles. The number of nitro groups is 1. The van der Waals surface area contributed by atoms with Crippen LogP contribution in [-0.2, 0) is 11.4 Å². The number of amides is 1. The van der Waals surface area contributed by atoms with Crippen LogP contribution in [0.5, 0.6) is 11.5 Å². The third-order valence-corrected chi connectivity index (χ3v) is 5.25. The summed E-state index contributed by atoms with van der Waals surface area (Å²) in [5.41, 5.74) is 1.57. The van der Waals surface area contributed by atoms with E-state index < -0.39 is 10.8 Å². The summed E-state index contributed by atoms with van der Waals surface area (Å²) in [6.45, 7) is 0.138. The Hall–Kier alpha value is -5.16. The standard InChI is InChI=1S/C27H19N3O5/c28-16-20(27(32)29-21-8-12-23(31)13-9-21)15-25-24-4-2-1-3-19(24)7-14-26(25)35-17-18-5-10-22(11-6-18)30(33)34/h1-15,31H,17H2,(H,29,32)/b20-15+. The van der Waals surface area contributed by atoms with Crippen molar-refractivity contribution < 1.29 is 19.6 Å². The number of rotatable bonds is 7. The van der Waals surface area contributed by atoms with Gasteiger partial charge in [0.2, 0.25) is 0 Å². The number of hydrogen-bond donors (Lipinski definition) is 2. The zero-order valence-corrected chi connectivity index (χ0v) is 18.3. The molecule has 0 atom stereocenters. The number of phenols is 1. The Morgan fingerprint density at radius 1 is 1.03 bits per heavy atom. The Labute approximate surface area is 200 Å². The highest BCUT2D eigenvalue weighted by molar-refractivity contribution is 6.11. The molecule has 1 amide bonds. The molecule has 0 radical (unpaired) electrons. The number of nitriles is 1. The smallest absolute Gasteiger partial charge is 0.269 e. The third-order valence-electron chi connectivity index (χ3n) is 5.25. The van der Waals surface area contributed by atoms with Crippen LogP contribution in [0.25, 0.3) is 16.8 Å². The van der Waals surface area contributed by atoms with Gasteiger partial charge in [-0.1, -0.05) is 30.3 Å². The van der Waals surface area contributed by atoms with Gasteiger partial charge in [0, 0.05) is 23.4 Å². The van der Waals surface area contributed by atoms with Gasteiger partial charge in [-0.05, 0) is 64.9 Å². The second kappa shape index (κ2) is 10.2. The Morgan fingerprint density at radius 3 is 2.43 bits per heavy atom. The lowest BCUT2D eigenvalue weighted by atomic mass is 10.0. The first-order valence-electron chi connectivity index (χ1n) is 10.5. The number of nitrogens with one attached hydrogen (secondary N) is 1. The van der Waals surface area contributed by atoms with Crippen molar-refractivity contribution in [3.8, 4) is 17.6 Å². The summed E-state index contributed by atoms with van der Waals surface area (Å²) in [4.78, 5) is 23.2. The molecule has 0 bridgehead atoms. The van der Waals surface area contributed by atoms with Crippen LogP contribution in [0.4, 0.5) is 11.4 Å². The van der Waals surface area contributed by atoms with E-state index in [-0.39, 0.29) is 23.6 Å². The largest absolute Gasteiger partial charge is 0.508 e. The van der Waals surface area contributed by atoms with Gasteiger partial charge < -0.3 is 15.2 Å². The second-order valence-corrected chi connectivity index (χ2v) is 7.58. The van der Waals surface area contributed by atoms with Crippen LogP contribution < -0.4 is 10.1 Å². The van der Waals surface area contributed by atoms with E-state index in [0.29, 0.717) is 17.0 Å². The number of benzene rings is 4. The van der Waals surface area contributed by atoms with E-state index in [1.807, 2.05) is 36.4 Å². The number of nitrogens with zero attached hydrogens (tertiary/aromatic N) is 2. The molecule has 8 heteroatoms. The highest BCUT2D eigenvalue weighted by Crippen LogP contribution is 2.31. The average molecular weight is 465 g/mol. The molecule has 0 unspecified atom stereocenters. The zero-order chi connectivity index (χ0) is 24.8. The molecule has 4 aromatic carbocycles. The Morgan fingerprint density at radius 2 is 1.74 bits per heavy atom. The van der Waals surface area contributed by atoms with Crippen LogP contribution in [0, 0.1) is 21.4 Å². The molecule has 0 saturated heterocycles. The van der Waals surface area contributed by atoms with Crippen LogP contribution >= 0.6 is 0 Å². The van der Waals surface area contributed by atoms with Crippen LogP contribution in [0.2, 0.25) is 0 Å². The van der Waals surface area contributed by atoms with Gasteiger partial charge in [0.25, 0.3) is 11.6 Å². The van der Waals surface area contributed by atoms with Crippen molar-refractivity contribution in [2.24, 2.45) is 0 Å².